The lowest BCUT2D eigenvalue weighted by Crippen LogP contribution is -2.49. The number of nitrogens with zero attached hydrogens (tertiary/aromatic N) is 4. The summed E-state index contributed by atoms with van der Waals surface area (Å²) in [6.45, 7) is 3.36. The van der Waals surface area contributed by atoms with Gasteiger partial charge < -0.3 is 23.7 Å². The van der Waals surface area contributed by atoms with Crippen molar-refractivity contribution in [2.24, 2.45) is 0 Å². The zero-order valence-electron chi connectivity index (χ0n) is 16.8. The van der Waals surface area contributed by atoms with Crippen LogP contribution < -0.4 is 14.4 Å². The third kappa shape index (κ3) is 4.46. The standard InChI is InChI=1S/C22H22N4O4S/c27-20(26-12-10-25(11-13-26)16-6-2-1-3-7-16)15-31-22-24-23-21(30-22)19-14-28-17-8-4-5-9-18(17)29-19/h1-9,19H,10-15H2/t19-/m1/s1. The molecule has 0 aliphatic carbocycles. The first-order valence-corrected chi connectivity index (χ1v) is 11.2. The van der Waals surface area contributed by atoms with Crippen molar-refractivity contribution < 1.29 is 18.7 Å². The molecule has 0 radical (unpaired) electrons. The van der Waals surface area contributed by atoms with E-state index >= 15 is 0 Å². The number of para-hydroxylation sites is 3. The van der Waals surface area contributed by atoms with Gasteiger partial charge in [0.1, 0.15) is 6.61 Å². The van der Waals surface area contributed by atoms with E-state index in [9.17, 15) is 4.79 Å². The topological polar surface area (TPSA) is 80.9 Å². The Morgan fingerprint density at radius 2 is 1.71 bits per heavy atom. The molecule has 8 nitrogen and oxygen atoms in total. The Morgan fingerprint density at radius 3 is 2.52 bits per heavy atom. The molecule has 31 heavy (non-hydrogen) atoms. The highest BCUT2D eigenvalue weighted by atomic mass is 32.2. The second kappa shape index (κ2) is 8.89. The van der Waals surface area contributed by atoms with Crippen molar-refractivity contribution in [3.63, 3.8) is 0 Å². The molecule has 160 valence electrons. The minimum atomic E-state index is -0.460. The monoisotopic (exact) mass is 438 g/mol. The van der Waals surface area contributed by atoms with Gasteiger partial charge in [0.25, 0.3) is 11.1 Å². The zero-order valence-corrected chi connectivity index (χ0v) is 17.7. The van der Waals surface area contributed by atoms with Gasteiger partial charge in [-0.1, -0.05) is 42.1 Å². The molecule has 1 saturated heterocycles. The molecule has 0 saturated carbocycles. The van der Waals surface area contributed by atoms with Crippen LogP contribution in [0.25, 0.3) is 0 Å². The van der Waals surface area contributed by atoms with Gasteiger partial charge in [0.2, 0.25) is 12.0 Å². The first-order chi connectivity index (χ1) is 15.3. The van der Waals surface area contributed by atoms with Gasteiger partial charge in [0.05, 0.1) is 5.75 Å². The minimum Gasteiger partial charge on any atom is -0.485 e. The minimum absolute atomic E-state index is 0.0728. The van der Waals surface area contributed by atoms with Gasteiger partial charge >= 0.3 is 0 Å². The summed E-state index contributed by atoms with van der Waals surface area (Å²) >= 11 is 1.25. The number of ether oxygens (including phenoxy) is 2. The highest BCUT2D eigenvalue weighted by molar-refractivity contribution is 7.99. The molecule has 0 bridgehead atoms. The first-order valence-electron chi connectivity index (χ1n) is 10.2. The summed E-state index contributed by atoms with van der Waals surface area (Å²) in [6, 6.07) is 17.7. The van der Waals surface area contributed by atoms with Crippen molar-refractivity contribution in [2.45, 2.75) is 11.3 Å². The van der Waals surface area contributed by atoms with E-state index in [0.29, 0.717) is 42.3 Å². The number of piperazine rings is 1. The van der Waals surface area contributed by atoms with Crippen molar-refractivity contribution in [3.05, 3.63) is 60.5 Å². The number of hydrogen-bond acceptors (Lipinski definition) is 8. The van der Waals surface area contributed by atoms with E-state index in [0.717, 1.165) is 13.1 Å². The molecule has 9 heteroatoms. The van der Waals surface area contributed by atoms with E-state index in [1.165, 1.54) is 17.4 Å². The highest BCUT2D eigenvalue weighted by Gasteiger charge is 2.28. The van der Waals surface area contributed by atoms with Crippen LogP contribution in [-0.2, 0) is 4.79 Å². The molecule has 0 spiro atoms. The van der Waals surface area contributed by atoms with E-state index in [2.05, 4.69) is 27.2 Å². The van der Waals surface area contributed by atoms with Gasteiger partial charge in [-0.15, -0.1) is 10.2 Å². The van der Waals surface area contributed by atoms with Gasteiger partial charge in [-0.05, 0) is 24.3 Å². The molecule has 2 aliphatic rings. The number of fused-ring (bicyclic) bond motifs is 1. The van der Waals surface area contributed by atoms with Crippen LogP contribution in [0, 0.1) is 0 Å². The summed E-state index contributed by atoms with van der Waals surface area (Å²) in [7, 11) is 0. The predicted molar refractivity (Wildman–Crippen MR) is 116 cm³/mol. The third-order valence-electron chi connectivity index (χ3n) is 5.28. The molecule has 1 aromatic heterocycles. The highest BCUT2D eigenvalue weighted by Crippen LogP contribution is 2.36. The van der Waals surface area contributed by atoms with Gasteiger partial charge in [0.15, 0.2) is 11.5 Å². The number of carbonyl (C=O) groups is 1. The zero-order chi connectivity index (χ0) is 21.0. The van der Waals surface area contributed by atoms with E-state index < -0.39 is 6.10 Å². The Hall–Kier alpha value is -3.20. The fraction of sp³-hybridized carbons (Fsp3) is 0.318. The normalized spacial score (nSPS) is 18.1. The quantitative estimate of drug-likeness (QED) is 0.563. The van der Waals surface area contributed by atoms with E-state index in [1.807, 2.05) is 47.4 Å². The van der Waals surface area contributed by atoms with Crippen molar-refractivity contribution in [3.8, 4) is 11.5 Å². The molecule has 0 unspecified atom stereocenters. The molecule has 1 atom stereocenters. The molecule has 0 N–H and O–H groups in total. The van der Waals surface area contributed by atoms with Crippen LogP contribution in [0.4, 0.5) is 5.69 Å². The Morgan fingerprint density at radius 1 is 0.968 bits per heavy atom. The maximum atomic E-state index is 12.6. The molecule has 1 amide bonds. The Kier molecular flexibility index (Phi) is 5.66. The fourth-order valence-corrected chi connectivity index (χ4v) is 4.29. The average molecular weight is 439 g/mol. The number of aromatic nitrogens is 2. The number of rotatable bonds is 5. The van der Waals surface area contributed by atoms with E-state index in [4.69, 9.17) is 13.9 Å². The van der Waals surface area contributed by atoms with Crippen LogP contribution in [0.15, 0.2) is 64.2 Å². The second-order valence-corrected chi connectivity index (χ2v) is 8.19. The summed E-state index contributed by atoms with van der Waals surface area (Å²) in [5, 5.41) is 8.48. The number of amides is 1. The molecule has 1 fully saturated rings. The van der Waals surface area contributed by atoms with Crippen molar-refractivity contribution >= 4 is 23.4 Å². The third-order valence-corrected chi connectivity index (χ3v) is 6.08. The molecular formula is C22H22N4O4S. The number of benzene rings is 2. The maximum Gasteiger partial charge on any atom is 0.277 e. The Balaban J connectivity index is 1.11. The van der Waals surface area contributed by atoms with Crippen LogP contribution in [0.1, 0.15) is 12.0 Å². The lowest BCUT2D eigenvalue weighted by atomic mass is 10.2. The summed E-state index contributed by atoms with van der Waals surface area (Å²) in [6.07, 6.45) is -0.460. The molecule has 2 aliphatic heterocycles. The fourth-order valence-electron chi connectivity index (χ4n) is 3.62. The van der Waals surface area contributed by atoms with E-state index in [-0.39, 0.29) is 11.7 Å². The smallest absolute Gasteiger partial charge is 0.277 e. The van der Waals surface area contributed by atoms with Gasteiger partial charge in [-0.2, -0.15) is 0 Å². The summed E-state index contributed by atoms with van der Waals surface area (Å²) in [5.41, 5.74) is 1.19. The van der Waals surface area contributed by atoms with Crippen LogP contribution in [-0.4, -0.2) is 59.5 Å². The number of anilines is 1. The largest absolute Gasteiger partial charge is 0.485 e. The Labute approximate surface area is 184 Å². The van der Waals surface area contributed by atoms with Gasteiger partial charge in [-0.3, -0.25) is 4.79 Å². The van der Waals surface area contributed by atoms with Gasteiger partial charge in [0, 0.05) is 31.9 Å². The number of hydrogen-bond donors (Lipinski definition) is 0. The van der Waals surface area contributed by atoms with Gasteiger partial charge in [-0.25, -0.2) is 0 Å². The summed E-state index contributed by atoms with van der Waals surface area (Å²) < 4.78 is 17.3. The lowest BCUT2D eigenvalue weighted by Gasteiger charge is -2.36. The van der Waals surface area contributed by atoms with Crippen LogP contribution in [0.3, 0.4) is 0 Å². The van der Waals surface area contributed by atoms with Crippen LogP contribution in [0.2, 0.25) is 0 Å². The predicted octanol–water partition coefficient (Wildman–Crippen LogP) is 3.02. The summed E-state index contributed by atoms with van der Waals surface area (Å²) in [4.78, 5) is 16.8. The average Bonchev–Trinajstić information content (AvgIpc) is 3.32. The molecule has 3 aromatic rings. The van der Waals surface area contributed by atoms with Crippen LogP contribution >= 0.6 is 11.8 Å². The number of thioether (sulfide) groups is 1. The summed E-state index contributed by atoms with van der Waals surface area (Å²) in [5.74, 6) is 2.03. The van der Waals surface area contributed by atoms with Crippen molar-refractivity contribution in [1.82, 2.24) is 15.1 Å². The molecular weight excluding hydrogens is 416 g/mol. The molecule has 3 heterocycles. The first kappa shape index (κ1) is 19.7. The Bertz CT molecular complexity index is 1040. The maximum absolute atomic E-state index is 12.6. The lowest BCUT2D eigenvalue weighted by molar-refractivity contribution is -0.128. The van der Waals surface area contributed by atoms with E-state index in [1.54, 1.807) is 0 Å². The molecule has 2 aromatic carbocycles. The van der Waals surface area contributed by atoms with Crippen molar-refractivity contribution in [2.75, 3.05) is 43.4 Å². The second-order valence-electron chi connectivity index (χ2n) is 7.26. The number of carbonyl (C=O) groups excluding carboxylic acids is 1. The SMILES string of the molecule is O=C(CSc1nnc([C@H]2COc3ccccc3O2)o1)N1CCN(c2ccccc2)CC1. The van der Waals surface area contributed by atoms with Crippen molar-refractivity contribution in [1.29, 1.82) is 0 Å². The van der Waals surface area contributed by atoms with Crippen LogP contribution in [0.5, 0.6) is 11.5 Å². The molecule has 5 rings (SSSR count).